The van der Waals surface area contributed by atoms with Crippen LogP contribution in [0.15, 0.2) is 12.1 Å². The molecule has 6 nitrogen and oxygen atoms in total. The Morgan fingerprint density at radius 1 is 1.33 bits per heavy atom. The van der Waals surface area contributed by atoms with Crippen molar-refractivity contribution in [3.8, 4) is 0 Å². The van der Waals surface area contributed by atoms with Crippen LogP contribution in [0.25, 0.3) is 0 Å². The number of hydrogen-bond acceptors (Lipinski definition) is 4. The van der Waals surface area contributed by atoms with E-state index in [1.807, 2.05) is 6.92 Å². The van der Waals surface area contributed by atoms with Gasteiger partial charge in [-0.05, 0) is 38.8 Å². The molecule has 0 aromatic carbocycles. The average Bonchev–Trinajstić information content (AvgIpc) is 2.45. The van der Waals surface area contributed by atoms with Crippen molar-refractivity contribution in [3.63, 3.8) is 0 Å². The zero-order valence-electron chi connectivity index (χ0n) is 12.3. The number of aliphatic carboxylic acids is 1. The second kappa shape index (κ2) is 6.22. The molecule has 1 amide bonds. The lowest BCUT2D eigenvalue weighted by atomic mass is 9.80. The standard InChI is InChI=1S/C15H20N2O4/c1-10-3-4-12(11(2)17-10)13(18)16-9-15(14(19)20)5-7-21-8-6-15/h3-4H,5-9H2,1-2H3,(H,16,18)(H,19,20). The van der Waals surface area contributed by atoms with Crippen molar-refractivity contribution in [2.24, 2.45) is 5.41 Å². The van der Waals surface area contributed by atoms with Crippen molar-refractivity contribution >= 4 is 11.9 Å². The number of nitrogens with one attached hydrogen (secondary N) is 1. The first-order valence-corrected chi connectivity index (χ1v) is 6.98. The van der Waals surface area contributed by atoms with Gasteiger partial charge in [-0.25, -0.2) is 0 Å². The van der Waals surface area contributed by atoms with Gasteiger partial charge in [0.05, 0.1) is 16.7 Å². The summed E-state index contributed by atoms with van der Waals surface area (Å²) in [5.41, 5.74) is 1.03. The third-order valence-corrected chi connectivity index (χ3v) is 3.96. The highest BCUT2D eigenvalue weighted by molar-refractivity contribution is 5.95. The summed E-state index contributed by atoms with van der Waals surface area (Å²) in [5.74, 6) is -1.17. The summed E-state index contributed by atoms with van der Waals surface area (Å²) in [4.78, 5) is 28.0. The van der Waals surface area contributed by atoms with Crippen LogP contribution in [0.1, 0.15) is 34.6 Å². The highest BCUT2D eigenvalue weighted by Crippen LogP contribution is 2.30. The molecule has 1 aliphatic rings. The zero-order valence-corrected chi connectivity index (χ0v) is 12.3. The number of carboxylic acids is 1. The first-order chi connectivity index (χ1) is 9.94. The summed E-state index contributed by atoms with van der Waals surface area (Å²) in [7, 11) is 0. The van der Waals surface area contributed by atoms with Gasteiger partial charge in [0.15, 0.2) is 0 Å². The number of rotatable bonds is 4. The Bertz CT molecular complexity index is 551. The predicted molar refractivity (Wildman–Crippen MR) is 76.2 cm³/mol. The monoisotopic (exact) mass is 292 g/mol. The molecule has 21 heavy (non-hydrogen) atoms. The maximum absolute atomic E-state index is 12.2. The van der Waals surface area contributed by atoms with Crippen LogP contribution in [0.4, 0.5) is 0 Å². The molecular weight excluding hydrogens is 272 g/mol. The molecule has 2 N–H and O–H groups in total. The maximum atomic E-state index is 12.2. The molecule has 0 spiro atoms. The van der Waals surface area contributed by atoms with Crippen LogP contribution >= 0.6 is 0 Å². The van der Waals surface area contributed by atoms with Crippen molar-refractivity contribution in [1.29, 1.82) is 0 Å². The number of ether oxygens (including phenoxy) is 1. The summed E-state index contributed by atoms with van der Waals surface area (Å²) in [5, 5.41) is 12.2. The lowest BCUT2D eigenvalue weighted by Crippen LogP contribution is -2.46. The highest BCUT2D eigenvalue weighted by atomic mass is 16.5. The molecule has 1 aliphatic heterocycles. The van der Waals surface area contributed by atoms with Gasteiger partial charge in [0.25, 0.3) is 5.91 Å². The fourth-order valence-electron chi connectivity index (χ4n) is 2.50. The molecule has 2 heterocycles. The Kier molecular flexibility index (Phi) is 4.57. The molecule has 0 unspecified atom stereocenters. The first-order valence-electron chi connectivity index (χ1n) is 6.98. The molecule has 0 saturated carbocycles. The van der Waals surface area contributed by atoms with Crippen LogP contribution in [-0.4, -0.2) is 41.7 Å². The Morgan fingerprint density at radius 3 is 2.57 bits per heavy atom. The number of carbonyl (C=O) groups excluding carboxylic acids is 1. The molecule has 1 aromatic heterocycles. The third-order valence-electron chi connectivity index (χ3n) is 3.96. The maximum Gasteiger partial charge on any atom is 0.311 e. The van der Waals surface area contributed by atoms with E-state index >= 15 is 0 Å². The minimum atomic E-state index is -0.931. The summed E-state index contributed by atoms with van der Waals surface area (Å²) in [6.07, 6.45) is 0.821. The van der Waals surface area contributed by atoms with E-state index in [2.05, 4.69) is 10.3 Å². The molecular formula is C15H20N2O4. The van der Waals surface area contributed by atoms with E-state index < -0.39 is 11.4 Å². The van der Waals surface area contributed by atoms with Crippen molar-refractivity contribution in [1.82, 2.24) is 10.3 Å². The van der Waals surface area contributed by atoms with Gasteiger partial charge in [0.1, 0.15) is 0 Å². The van der Waals surface area contributed by atoms with Gasteiger partial charge in [-0.1, -0.05) is 0 Å². The summed E-state index contributed by atoms with van der Waals surface area (Å²) in [6.45, 7) is 4.55. The fraction of sp³-hybridized carbons (Fsp3) is 0.533. The molecule has 2 rings (SSSR count). The smallest absolute Gasteiger partial charge is 0.311 e. The van der Waals surface area contributed by atoms with Crippen LogP contribution in [0.2, 0.25) is 0 Å². The van der Waals surface area contributed by atoms with Gasteiger partial charge >= 0.3 is 5.97 Å². The molecule has 114 valence electrons. The Balaban J connectivity index is 2.07. The highest BCUT2D eigenvalue weighted by Gasteiger charge is 2.40. The van der Waals surface area contributed by atoms with Gasteiger partial charge in [0, 0.05) is 25.5 Å². The summed E-state index contributed by atoms with van der Waals surface area (Å²) >= 11 is 0. The lowest BCUT2D eigenvalue weighted by Gasteiger charge is -2.33. The fourth-order valence-corrected chi connectivity index (χ4v) is 2.50. The van der Waals surface area contributed by atoms with Crippen LogP contribution in [0.5, 0.6) is 0 Å². The molecule has 1 aromatic rings. The van der Waals surface area contributed by atoms with E-state index in [4.69, 9.17) is 4.74 Å². The second-order valence-corrected chi connectivity index (χ2v) is 5.47. The molecule has 0 aliphatic carbocycles. The van der Waals surface area contributed by atoms with E-state index in [1.165, 1.54) is 0 Å². The molecule has 0 bridgehead atoms. The lowest BCUT2D eigenvalue weighted by molar-refractivity contribution is -0.154. The number of nitrogens with zero attached hydrogens (tertiary/aromatic N) is 1. The normalized spacial score (nSPS) is 17.2. The van der Waals surface area contributed by atoms with Gasteiger partial charge in [-0.3, -0.25) is 14.6 Å². The van der Waals surface area contributed by atoms with Gasteiger partial charge < -0.3 is 15.2 Å². The predicted octanol–water partition coefficient (Wildman–Crippen LogP) is 1.31. The molecule has 1 saturated heterocycles. The molecule has 6 heteroatoms. The molecule has 0 atom stereocenters. The quantitative estimate of drug-likeness (QED) is 0.873. The molecule has 0 radical (unpaired) electrons. The number of aryl methyl sites for hydroxylation is 2. The number of carboxylic acid groups (broad SMARTS) is 1. The molecule has 1 fully saturated rings. The van der Waals surface area contributed by atoms with Gasteiger partial charge in [0.2, 0.25) is 0 Å². The Morgan fingerprint density at radius 2 is 2.00 bits per heavy atom. The number of hydrogen-bond donors (Lipinski definition) is 2. The third kappa shape index (κ3) is 3.39. The average molecular weight is 292 g/mol. The van der Waals surface area contributed by atoms with E-state index in [9.17, 15) is 14.7 Å². The minimum Gasteiger partial charge on any atom is -0.481 e. The largest absolute Gasteiger partial charge is 0.481 e. The minimum absolute atomic E-state index is 0.109. The second-order valence-electron chi connectivity index (χ2n) is 5.47. The van der Waals surface area contributed by atoms with Gasteiger partial charge in [-0.2, -0.15) is 0 Å². The van der Waals surface area contributed by atoms with Crippen LogP contribution in [0.3, 0.4) is 0 Å². The summed E-state index contributed by atoms with van der Waals surface area (Å²) < 4.78 is 5.21. The van der Waals surface area contributed by atoms with E-state index in [0.29, 0.717) is 37.3 Å². The SMILES string of the molecule is Cc1ccc(C(=O)NCC2(C(=O)O)CCOCC2)c(C)n1. The van der Waals surface area contributed by atoms with Crippen LogP contribution < -0.4 is 5.32 Å². The van der Waals surface area contributed by atoms with Crippen LogP contribution in [-0.2, 0) is 9.53 Å². The van der Waals surface area contributed by atoms with Crippen molar-refractivity contribution in [2.75, 3.05) is 19.8 Å². The van der Waals surface area contributed by atoms with E-state index in [1.54, 1.807) is 19.1 Å². The van der Waals surface area contributed by atoms with Crippen LogP contribution in [0, 0.1) is 19.3 Å². The van der Waals surface area contributed by atoms with Crippen molar-refractivity contribution in [2.45, 2.75) is 26.7 Å². The number of pyridine rings is 1. The van der Waals surface area contributed by atoms with E-state index in [-0.39, 0.29) is 12.5 Å². The summed E-state index contributed by atoms with van der Waals surface area (Å²) in [6, 6.07) is 3.48. The van der Waals surface area contributed by atoms with E-state index in [0.717, 1.165) is 5.69 Å². The first kappa shape index (κ1) is 15.4. The Labute approximate surface area is 123 Å². The number of amides is 1. The van der Waals surface area contributed by atoms with Crippen molar-refractivity contribution in [3.05, 3.63) is 29.1 Å². The number of aromatic nitrogens is 1. The number of carbonyl (C=O) groups is 2. The van der Waals surface area contributed by atoms with Gasteiger partial charge in [-0.15, -0.1) is 0 Å². The topological polar surface area (TPSA) is 88.5 Å². The Hall–Kier alpha value is -1.95. The van der Waals surface area contributed by atoms with Crippen molar-refractivity contribution < 1.29 is 19.4 Å². The zero-order chi connectivity index (χ0) is 15.5.